The van der Waals surface area contributed by atoms with Gasteiger partial charge in [0.25, 0.3) is 5.69 Å². The quantitative estimate of drug-likeness (QED) is 0.114. The lowest BCUT2D eigenvalue weighted by atomic mass is 10.1. The van der Waals surface area contributed by atoms with Gasteiger partial charge in [-0.15, -0.1) is 0 Å². The summed E-state index contributed by atoms with van der Waals surface area (Å²) in [7, 11) is 0. The molecule has 1 aromatic carbocycles. The van der Waals surface area contributed by atoms with Crippen LogP contribution in [0.4, 0.5) is 16.2 Å². The molecule has 0 aromatic heterocycles. The van der Waals surface area contributed by atoms with Gasteiger partial charge in [0.15, 0.2) is 12.1 Å². The maximum Gasteiger partial charge on any atom is 0.437 e. The smallest absolute Gasteiger partial charge is 0.372 e. The second-order valence-electron chi connectivity index (χ2n) is 9.44. The molecule has 4 atom stereocenters. The second kappa shape index (κ2) is 13.6. The predicted molar refractivity (Wildman–Crippen MR) is 133 cm³/mol. The summed E-state index contributed by atoms with van der Waals surface area (Å²) >= 11 is 0. The van der Waals surface area contributed by atoms with Gasteiger partial charge in [0.2, 0.25) is 0 Å². The van der Waals surface area contributed by atoms with Crippen molar-refractivity contribution in [3.63, 3.8) is 0 Å². The van der Waals surface area contributed by atoms with E-state index in [1.54, 1.807) is 0 Å². The molecule has 36 heavy (non-hydrogen) atoms. The minimum absolute atomic E-state index is 0.0819. The van der Waals surface area contributed by atoms with E-state index in [-0.39, 0.29) is 5.69 Å². The fraction of sp³-hybridized carbons (Fsp3) is 0.680. The van der Waals surface area contributed by atoms with Crippen molar-refractivity contribution in [3.8, 4) is 0 Å². The highest BCUT2D eigenvalue weighted by molar-refractivity contribution is 5.85. The van der Waals surface area contributed by atoms with Gasteiger partial charge in [-0.05, 0) is 32.4 Å². The van der Waals surface area contributed by atoms with Crippen molar-refractivity contribution in [2.24, 2.45) is 5.16 Å². The summed E-state index contributed by atoms with van der Waals surface area (Å²) in [6, 6.07) is 5.35. The number of oxime groups is 1. The van der Waals surface area contributed by atoms with Gasteiger partial charge in [-0.3, -0.25) is 20.3 Å². The average Bonchev–Trinajstić information content (AvgIpc) is 3.29. The molecule has 11 nitrogen and oxygen atoms in total. The number of non-ortho nitro benzene ring substituents is 1. The molecule has 0 bridgehead atoms. The molecule has 0 radical (unpaired) electrons. The predicted octanol–water partition coefficient (Wildman–Crippen LogP) is 5.53. The summed E-state index contributed by atoms with van der Waals surface area (Å²) in [6.45, 7) is 6.41. The number of unbranched alkanes of at least 4 members (excludes halogenated alkanes) is 7. The van der Waals surface area contributed by atoms with Crippen molar-refractivity contribution in [2.45, 2.75) is 103 Å². The number of nitro benzene ring substituents is 1. The summed E-state index contributed by atoms with van der Waals surface area (Å²) in [5.41, 5.74) is 0.254. The molecule has 0 aliphatic carbocycles. The molecule has 2 aliphatic rings. The number of benzene rings is 1. The van der Waals surface area contributed by atoms with E-state index in [1.807, 2.05) is 13.8 Å². The fourth-order valence-electron chi connectivity index (χ4n) is 4.21. The average molecular weight is 508 g/mol. The molecule has 0 spiro atoms. The molecule has 1 N–H and O–H groups in total. The minimum Gasteiger partial charge on any atom is -0.372 e. The number of nitrogens with one attached hydrogen (secondary N) is 1. The van der Waals surface area contributed by atoms with E-state index >= 15 is 0 Å². The van der Waals surface area contributed by atoms with Gasteiger partial charge in [0.05, 0.1) is 11.1 Å². The zero-order valence-corrected chi connectivity index (χ0v) is 21.2. The van der Waals surface area contributed by atoms with E-state index < -0.39 is 41.4 Å². The monoisotopic (exact) mass is 507 g/mol. The lowest BCUT2D eigenvalue weighted by Gasteiger charge is -2.24. The number of amides is 1. The van der Waals surface area contributed by atoms with Crippen LogP contribution < -0.4 is 5.32 Å². The van der Waals surface area contributed by atoms with Crippen LogP contribution in [0.5, 0.6) is 0 Å². The molecule has 1 amide bonds. The third kappa shape index (κ3) is 8.51. The first-order chi connectivity index (χ1) is 17.3. The van der Waals surface area contributed by atoms with E-state index in [0.717, 1.165) is 12.8 Å². The molecular weight excluding hydrogens is 470 g/mol. The summed E-state index contributed by atoms with van der Waals surface area (Å²) in [4.78, 5) is 27.1. The number of carbonyl (C=O) groups excluding carboxylic acids is 1. The molecule has 0 saturated carbocycles. The van der Waals surface area contributed by atoms with Crippen LogP contribution in [0.3, 0.4) is 0 Å². The van der Waals surface area contributed by atoms with Crippen LogP contribution in [0.25, 0.3) is 0 Å². The van der Waals surface area contributed by atoms with Crippen LogP contribution in [0, 0.1) is 10.1 Å². The van der Waals surface area contributed by atoms with Gasteiger partial charge in [-0.1, -0.05) is 57.0 Å². The third-order valence-electron chi connectivity index (χ3n) is 6.00. The Kier molecular flexibility index (Phi) is 10.6. The van der Waals surface area contributed by atoms with Crippen molar-refractivity contribution in [1.29, 1.82) is 0 Å². The van der Waals surface area contributed by atoms with E-state index in [2.05, 4.69) is 17.4 Å². The topological polar surface area (TPSA) is 131 Å². The molecule has 0 unspecified atom stereocenters. The Bertz CT molecular complexity index is 877. The number of carbonyl (C=O) groups is 1. The first-order valence-electron chi connectivity index (χ1n) is 12.7. The van der Waals surface area contributed by atoms with E-state index in [1.165, 1.54) is 69.0 Å². The molecule has 200 valence electrons. The number of hydrogen-bond acceptors (Lipinski definition) is 9. The van der Waals surface area contributed by atoms with Crippen LogP contribution in [0.2, 0.25) is 0 Å². The number of nitrogens with zero attached hydrogens (tertiary/aromatic N) is 2. The Hall–Kier alpha value is -2.60. The Balaban J connectivity index is 1.45. The van der Waals surface area contributed by atoms with E-state index in [4.69, 9.17) is 23.8 Å². The third-order valence-corrected chi connectivity index (χ3v) is 6.00. The van der Waals surface area contributed by atoms with Gasteiger partial charge in [-0.2, -0.15) is 0 Å². The Morgan fingerprint density at radius 1 is 1.11 bits per heavy atom. The molecular formula is C25H37N3O8. The zero-order valence-electron chi connectivity index (χ0n) is 21.2. The van der Waals surface area contributed by atoms with E-state index in [9.17, 15) is 14.9 Å². The van der Waals surface area contributed by atoms with Gasteiger partial charge < -0.3 is 18.9 Å². The summed E-state index contributed by atoms with van der Waals surface area (Å²) in [5.74, 6) is -0.779. The Morgan fingerprint density at radius 2 is 1.78 bits per heavy atom. The zero-order chi connectivity index (χ0) is 26.0. The van der Waals surface area contributed by atoms with Gasteiger partial charge in [-0.25, -0.2) is 4.79 Å². The lowest BCUT2D eigenvalue weighted by Crippen LogP contribution is -2.38. The maximum absolute atomic E-state index is 12.0. The van der Waals surface area contributed by atoms with Gasteiger partial charge in [0.1, 0.15) is 18.3 Å². The molecule has 1 aromatic rings. The van der Waals surface area contributed by atoms with E-state index in [0.29, 0.717) is 12.3 Å². The SMILES string of the molecule is CCCCCCCCCCO[C@@H]1[C@H]2OC(C)(C)O[C@H]2O[C@@H]1C=NOC(=O)Nc1ccc([N+](=O)[O-])cc1. The molecule has 2 aliphatic heterocycles. The number of hydrogen-bond donors (Lipinski definition) is 1. The van der Waals surface area contributed by atoms with Crippen molar-refractivity contribution in [1.82, 2.24) is 0 Å². The standard InChI is InChI=1S/C25H37N3O8/c1-4-5-6-7-8-9-10-11-16-32-21-20(33-23-22(21)34-25(2,3)35-23)17-26-36-24(29)27-18-12-14-19(15-13-18)28(30)31/h12-15,17,20-23H,4-11,16H2,1-3H3,(H,27,29)/t20-,21+,22-,23-/m1/s1. The van der Waals surface area contributed by atoms with Gasteiger partial charge >= 0.3 is 6.09 Å². The molecule has 2 heterocycles. The van der Waals surface area contributed by atoms with Crippen molar-refractivity contribution in [3.05, 3.63) is 34.4 Å². The van der Waals surface area contributed by atoms with Crippen molar-refractivity contribution >= 4 is 23.7 Å². The Labute approximate surface area is 211 Å². The van der Waals surface area contributed by atoms with Crippen LogP contribution in [-0.2, 0) is 23.8 Å². The first kappa shape index (κ1) is 28.0. The molecule has 2 saturated heterocycles. The molecule has 3 rings (SSSR count). The minimum atomic E-state index is -0.844. The lowest BCUT2D eigenvalue weighted by molar-refractivity contribution is -0.384. The van der Waals surface area contributed by atoms with Crippen LogP contribution in [-0.4, -0.2) is 54.2 Å². The number of nitro groups is 1. The van der Waals surface area contributed by atoms with Crippen LogP contribution in [0.1, 0.15) is 72.1 Å². The highest BCUT2D eigenvalue weighted by Gasteiger charge is 2.55. The highest BCUT2D eigenvalue weighted by Crippen LogP contribution is 2.38. The van der Waals surface area contributed by atoms with Crippen LogP contribution in [0.15, 0.2) is 29.4 Å². The molecule has 11 heteroatoms. The van der Waals surface area contributed by atoms with Crippen molar-refractivity contribution < 1.29 is 33.5 Å². The highest BCUT2D eigenvalue weighted by atomic mass is 16.8. The number of anilines is 1. The first-order valence-corrected chi connectivity index (χ1v) is 12.7. The summed E-state index contributed by atoms with van der Waals surface area (Å²) in [6.07, 6.45) is 8.03. The van der Waals surface area contributed by atoms with Gasteiger partial charge in [0, 0.05) is 24.4 Å². The number of fused-ring (bicyclic) bond motifs is 1. The normalized spacial score (nSPS) is 24.6. The Morgan fingerprint density at radius 3 is 2.44 bits per heavy atom. The molecule has 2 fully saturated rings. The summed E-state index contributed by atoms with van der Waals surface area (Å²) in [5, 5.41) is 16.9. The summed E-state index contributed by atoms with van der Waals surface area (Å²) < 4.78 is 23.8. The number of ether oxygens (including phenoxy) is 4. The van der Waals surface area contributed by atoms with Crippen LogP contribution >= 0.6 is 0 Å². The second-order valence-corrected chi connectivity index (χ2v) is 9.44. The maximum atomic E-state index is 12.0. The largest absolute Gasteiger partial charge is 0.437 e. The number of rotatable bonds is 14. The van der Waals surface area contributed by atoms with Crippen molar-refractivity contribution in [2.75, 3.05) is 11.9 Å². The fourth-order valence-corrected chi connectivity index (χ4v) is 4.21.